The Bertz CT molecular complexity index is 1500. The van der Waals surface area contributed by atoms with E-state index in [1.54, 1.807) is 18.4 Å². The Morgan fingerprint density at radius 1 is 1.23 bits per heavy atom. The fourth-order valence-corrected chi connectivity index (χ4v) is 7.83. The highest BCUT2D eigenvalue weighted by molar-refractivity contribution is 8.55. The van der Waals surface area contributed by atoms with Gasteiger partial charge in [0, 0.05) is 31.1 Å². The average Bonchev–Trinajstić information content (AvgIpc) is 3.71. The van der Waals surface area contributed by atoms with Crippen molar-refractivity contribution >= 4 is 47.3 Å². The number of nitrogen functional groups attached to an aromatic ring is 1. The molecule has 3 aliphatic rings. The van der Waals surface area contributed by atoms with E-state index in [1.807, 2.05) is 0 Å². The van der Waals surface area contributed by atoms with E-state index in [4.69, 9.17) is 38.5 Å². The van der Waals surface area contributed by atoms with Crippen LogP contribution in [0.15, 0.2) is 24.9 Å². The highest BCUT2D eigenvalue weighted by Crippen LogP contribution is 2.63. The second-order valence-electron chi connectivity index (χ2n) is 10.7. The van der Waals surface area contributed by atoms with E-state index in [0.717, 1.165) is 4.90 Å². The van der Waals surface area contributed by atoms with Gasteiger partial charge in [0.2, 0.25) is 0 Å². The maximum absolute atomic E-state index is 14.2. The van der Waals surface area contributed by atoms with Gasteiger partial charge < -0.3 is 50.1 Å². The molecular formula is C25H36N7O13PS. The number of carbonyl (C=O) groups excluding carboxylic acids is 2. The minimum absolute atomic E-state index is 0.0996. The molecule has 260 valence electrons. The number of urea groups is 1. The first kappa shape index (κ1) is 35.2. The van der Waals surface area contributed by atoms with Crippen LogP contribution in [0, 0.1) is 0 Å². The van der Waals surface area contributed by atoms with Crippen LogP contribution in [0.2, 0.25) is 0 Å². The topological polar surface area (TPSA) is 261 Å². The van der Waals surface area contributed by atoms with E-state index in [-0.39, 0.29) is 12.2 Å². The average molecular weight is 706 g/mol. The van der Waals surface area contributed by atoms with Crippen molar-refractivity contribution in [1.82, 2.24) is 29.7 Å². The number of rotatable bonds is 13. The molecule has 20 nitrogen and oxygen atoms in total. The van der Waals surface area contributed by atoms with Gasteiger partial charge in [0.05, 0.1) is 31.7 Å². The third-order valence-corrected chi connectivity index (χ3v) is 10.6. The predicted octanol–water partition coefficient (Wildman–Crippen LogP) is 0.409. The van der Waals surface area contributed by atoms with Gasteiger partial charge in [0.25, 0.3) is 0 Å². The molecule has 0 spiro atoms. The number of methoxy groups -OCH3 is 1. The molecule has 2 amide bonds. The lowest BCUT2D eigenvalue weighted by atomic mass is 10.1. The summed E-state index contributed by atoms with van der Waals surface area (Å²) in [6.07, 6.45) is -4.91. The van der Waals surface area contributed by atoms with Crippen molar-refractivity contribution in [2.45, 2.75) is 75.6 Å². The van der Waals surface area contributed by atoms with Gasteiger partial charge in [0.1, 0.15) is 48.7 Å². The fraction of sp³-hybridized carbons (Fsp3) is 0.640. The summed E-state index contributed by atoms with van der Waals surface area (Å²) < 4.78 is 54.9. The summed E-state index contributed by atoms with van der Waals surface area (Å²) in [5.74, 6) is -0.361. The lowest BCUT2D eigenvalue weighted by Crippen LogP contribution is -2.53. The first-order valence-electron chi connectivity index (χ1n) is 14.3. The standard InChI is InChI=1S/C25H36N7O13PS/c1-12(2)42-25(37)40-11-47-46(38,45-19-14(7-33)44-23(20(19)39-3)31-5-4-16(35)30-24(31)36)41-8-15-13(34)6-17(43-15)32-10-29-18-21(26)27-9-28-22(18)32/h4-5,9-10,12-17,19-20,23,33-35H,6-8,11H2,1-3H3,(H,30,36)(H2,26,27,28)/t13-,14-,15-,16?,17-,19?,20+,23-,46+/m1/s1. The molecule has 2 saturated heterocycles. The van der Waals surface area contributed by atoms with E-state index >= 15 is 0 Å². The zero-order valence-electron chi connectivity index (χ0n) is 25.4. The molecule has 0 saturated carbocycles. The Morgan fingerprint density at radius 2 is 2.02 bits per heavy atom. The lowest BCUT2D eigenvalue weighted by molar-refractivity contribution is -0.0751. The summed E-state index contributed by atoms with van der Waals surface area (Å²) in [5.41, 5.74) is 6.62. The number of amides is 2. The van der Waals surface area contributed by atoms with E-state index in [0.29, 0.717) is 22.5 Å². The molecule has 0 aromatic carbocycles. The maximum atomic E-state index is 14.2. The molecular weight excluding hydrogens is 669 g/mol. The smallest absolute Gasteiger partial charge is 0.432 e. The van der Waals surface area contributed by atoms with Crippen LogP contribution in [0.3, 0.4) is 0 Å². The van der Waals surface area contributed by atoms with E-state index in [2.05, 4.69) is 20.3 Å². The lowest BCUT2D eigenvalue weighted by Gasteiger charge is -2.33. The van der Waals surface area contributed by atoms with Crippen molar-refractivity contribution in [3.05, 3.63) is 24.9 Å². The molecule has 0 radical (unpaired) electrons. The molecule has 9 atom stereocenters. The number of hydrogen-bond acceptors (Lipinski definition) is 18. The van der Waals surface area contributed by atoms with Crippen LogP contribution in [-0.2, 0) is 37.3 Å². The van der Waals surface area contributed by atoms with Gasteiger partial charge in [-0.2, -0.15) is 0 Å². The number of nitrogens with zero attached hydrogens (tertiary/aromatic N) is 5. The predicted molar refractivity (Wildman–Crippen MR) is 160 cm³/mol. The molecule has 5 rings (SSSR count). The number of imidazole rings is 1. The monoisotopic (exact) mass is 705 g/mol. The molecule has 3 aliphatic heterocycles. The summed E-state index contributed by atoms with van der Waals surface area (Å²) in [7, 11) is 1.29. The van der Waals surface area contributed by atoms with Crippen LogP contribution in [0.1, 0.15) is 26.5 Å². The number of nitrogens with one attached hydrogen (secondary N) is 1. The zero-order chi connectivity index (χ0) is 33.9. The molecule has 2 fully saturated rings. The SMILES string of the molecule is CO[C@H]1C(O[P@](=O)(OC[C@H]2O[C@@H](n3cnc4c(N)ncnc43)C[C@H]2O)SCOC(=O)OC(C)C)[C@@H](CO)O[C@H]1N1C=CC(O)NC1=O. The van der Waals surface area contributed by atoms with Crippen LogP contribution < -0.4 is 11.1 Å². The number of hydrogen-bond donors (Lipinski definition) is 5. The summed E-state index contributed by atoms with van der Waals surface area (Å²) >= 11 is 0.488. The van der Waals surface area contributed by atoms with Crippen molar-refractivity contribution in [2.75, 3.05) is 32.0 Å². The Labute approximate surface area is 271 Å². The van der Waals surface area contributed by atoms with Gasteiger partial charge in [-0.15, -0.1) is 0 Å². The summed E-state index contributed by atoms with van der Waals surface area (Å²) in [6, 6.07) is -0.725. The summed E-state index contributed by atoms with van der Waals surface area (Å²) in [6.45, 7) is -2.21. The van der Waals surface area contributed by atoms with Crippen molar-refractivity contribution in [3.8, 4) is 0 Å². The Kier molecular flexibility index (Phi) is 11.2. The summed E-state index contributed by atoms with van der Waals surface area (Å²) in [5, 5.41) is 32.9. The van der Waals surface area contributed by atoms with Crippen LogP contribution in [0.5, 0.6) is 0 Å². The number of fused-ring (bicyclic) bond motifs is 1. The van der Waals surface area contributed by atoms with Gasteiger partial charge in [0.15, 0.2) is 23.6 Å². The molecule has 2 aromatic heterocycles. The number of anilines is 1. The Balaban J connectivity index is 1.32. The number of nitrogens with two attached hydrogens (primary N) is 1. The van der Waals surface area contributed by atoms with Crippen molar-refractivity contribution < 1.29 is 62.2 Å². The quantitative estimate of drug-likeness (QED) is 0.107. The van der Waals surface area contributed by atoms with E-state index in [1.165, 1.54) is 32.0 Å². The Hall–Kier alpha value is -3.11. The van der Waals surface area contributed by atoms with Gasteiger partial charge in [-0.25, -0.2) is 29.1 Å². The molecule has 0 bridgehead atoms. The molecule has 2 unspecified atom stereocenters. The van der Waals surface area contributed by atoms with E-state index < -0.39 is 93.4 Å². The molecule has 47 heavy (non-hydrogen) atoms. The molecule has 22 heteroatoms. The second-order valence-corrected chi connectivity index (χ2v) is 14.7. The zero-order valence-corrected chi connectivity index (χ0v) is 27.1. The van der Waals surface area contributed by atoms with Crippen molar-refractivity contribution in [1.29, 1.82) is 0 Å². The third kappa shape index (κ3) is 7.96. The van der Waals surface area contributed by atoms with Crippen LogP contribution in [-0.4, -0.2) is 127 Å². The van der Waals surface area contributed by atoms with Gasteiger partial charge in [-0.05, 0) is 19.9 Å². The van der Waals surface area contributed by atoms with Crippen LogP contribution in [0.4, 0.5) is 15.4 Å². The largest absolute Gasteiger partial charge is 0.509 e. The first-order chi connectivity index (χ1) is 22.4. The Morgan fingerprint density at radius 3 is 2.72 bits per heavy atom. The maximum Gasteiger partial charge on any atom is 0.509 e. The minimum atomic E-state index is -4.37. The number of aliphatic hydroxyl groups excluding tert-OH is 3. The number of aliphatic hydroxyl groups is 3. The van der Waals surface area contributed by atoms with Crippen molar-refractivity contribution in [3.63, 3.8) is 0 Å². The molecule has 0 aliphatic carbocycles. The van der Waals surface area contributed by atoms with Gasteiger partial charge in [-0.3, -0.25) is 18.5 Å². The van der Waals surface area contributed by atoms with Gasteiger partial charge >= 0.3 is 19.0 Å². The minimum Gasteiger partial charge on any atom is -0.432 e. The fourth-order valence-electron chi connectivity index (χ4n) is 5.04. The van der Waals surface area contributed by atoms with Crippen LogP contribution in [0.25, 0.3) is 11.2 Å². The normalized spacial score (nSPS) is 30.5. The second kappa shape index (κ2) is 15.0. The van der Waals surface area contributed by atoms with Crippen molar-refractivity contribution in [2.24, 2.45) is 0 Å². The number of aromatic nitrogens is 4. The highest BCUT2D eigenvalue weighted by atomic mass is 32.7. The number of ether oxygens (including phenoxy) is 5. The van der Waals surface area contributed by atoms with E-state index in [9.17, 15) is 29.5 Å². The van der Waals surface area contributed by atoms with Crippen LogP contribution >= 0.6 is 18.2 Å². The number of carbonyl (C=O) groups is 2. The third-order valence-electron chi connectivity index (χ3n) is 7.22. The molecule has 5 heterocycles. The summed E-state index contributed by atoms with van der Waals surface area (Å²) in [4.78, 5) is 37.9. The molecule has 6 N–H and O–H groups in total. The molecule has 2 aromatic rings. The first-order valence-corrected chi connectivity index (χ1v) is 17.5. The highest BCUT2D eigenvalue weighted by Gasteiger charge is 2.53. The van der Waals surface area contributed by atoms with Gasteiger partial charge in [-0.1, -0.05) is 0 Å².